The predicted molar refractivity (Wildman–Crippen MR) is 105 cm³/mol. The van der Waals surface area contributed by atoms with Gasteiger partial charge >= 0.3 is 5.97 Å². The number of carboxylic acid groups (broad SMARTS) is 1. The van der Waals surface area contributed by atoms with E-state index in [1.807, 2.05) is 30.4 Å². The van der Waals surface area contributed by atoms with E-state index in [1.54, 1.807) is 19.1 Å². The highest BCUT2D eigenvalue weighted by Crippen LogP contribution is 2.48. The fraction of sp³-hybridized carbons (Fsp3) is 0.300. The second kappa shape index (κ2) is 7.20. The van der Waals surface area contributed by atoms with Crippen molar-refractivity contribution < 1.29 is 19.5 Å². The lowest BCUT2D eigenvalue weighted by atomic mass is 9.82. The van der Waals surface area contributed by atoms with Gasteiger partial charge in [0.2, 0.25) is 5.91 Å². The summed E-state index contributed by atoms with van der Waals surface area (Å²) in [6, 6.07) is 9.07. The van der Waals surface area contributed by atoms with Crippen LogP contribution in [0.3, 0.4) is 0 Å². The van der Waals surface area contributed by atoms with Gasteiger partial charge in [0, 0.05) is 5.69 Å². The number of allylic oxidation sites excluding steroid dienone is 2. The molecule has 3 N–H and O–H groups in total. The zero-order chi connectivity index (χ0) is 19.8. The first-order valence-electron chi connectivity index (χ1n) is 9.00. The summed E-state index contributed by atoms with van der Waals surface area (Å²) in [5, 5.41) is 15.3. The minimum atomic E-state index is -0.949. The van der Waals surface area contributed by atoms with Crippen LogP contribution in [0.1, 0.15) is 21.8 Å². The minimum Gasteiger partial charge on any atom is -0.481 e. The third kappa shape index (κ3) is 3.31. The standard InChI is InChI=1S/C20H19N3O4S/c1-10-16(18(25)22-13-5-3-2-4-6-13)28-20(21-10)23-17(24)14-11-7-8-12(9-11)15(14)19(26)27/h2-8,11-12,14-15H,9H2,1H3,(H,22,25)(H,26,27)(H,21,23,24). The highest BCUT2D eigenvalue weighted by molar-refractivity contribution is 7.17. The average molecular weight is 397 g/mol. The topological polar surface area (TPSA) is 108 Å². The van der Waals surface area contributed by atoms with Gasteiger partial charge < -0.3 is 15.7 Å². The lowest BCUT2D eigenvalue weighted by molar-refractivity contribution is -0.146. The Morgan fingerprint density at radius 1 is 1.07 bits per heavy atom. The van der Waals surface area contributed by atoms with Crippen LogP contribution < -0.4 is 10.6 Å². The zero-order valence-electron chi connectivity index (χ0n) is 15.1. The molecule has 28 heavy (non-hydrogen) atoms. The van der Waals surface area contributed by atoms with E-state index in [0.717, 1.165) is 11.3 Å². The first-order valence-corrected chi connectivity index (χ1v) is 9.81. The summed E-state index contributed by atoms with van der Waals surface area (Å²) in [5.41, 5.74) is 1.18. The Hall–Kier alpha value is -3.00. The van der Waals surface area contributed by atoms with Gasteiger partial charge in [-0.25, -0.2) is 4.98 Å². The number of benzene rings is 1. The number of carbonyl (C=O) groups excluding carboxylic acids is 2. The quantitative estimate of drug-likeness (QED) is 0.672. The molecule has 4 rings (SSSR count). The number of carbonyl (C=O) groups is 3. The third-order valence-electron chi connectivity index (χ3n) is 5.31. The molecular weight excluding hydrogens is 378 g/mol. The van der Waals surface area contributed by atoms with Crippen LogP contribution in [-0.4, -0.2) is 27.9 Å². The smallest absolute Gasteiger partial charge is 0.307 e. The maximum Gasteiger partial charge on any atom is 0.307 e. The summed E-state index contributed by atoms with van der Waals surface area (Å²) in [6.07, 6.45) is 4.52. The Balaban J connectivity index is 1.48. The molecule has 2 aliphatic rings. The molecule has 1 saturated carbocycles. The van der Waals surface area contributed by atoms with Gasteiger partial charge in [0.1, 0.15) is 4.88 Å². The third-order valence-corrected chi connectivity index (χ3v) is 6.38. The lowest BCUT2D eigenvalue weighted by Gasteiger charge is -2.23. The molecule has 1 aromatic carbocycles. The van der Waals surface area contributed by atoms with E-state index in [1.165, 1.54) is 0 Å². The average Bonchev–Trinajstić information content (AvgIpc) is 3.36. The first-order chi connectivity index (χ1) is 13.4. The van der Waals surface area contributed by atoms with E-state index >= 15 is 0 Å². The first kappa shape index (κ1) is 18.4. The highest BCUT2D eigenvalue weighted by Gasteiger charge is 2.51. The van der Waals surface area contributed by atoms with Crippen LogP contribution in [0.5, 0.6) is 0 Å². The SMILES string of the molecule is Cc1nc(NC(=O)C2C3C=CC(C3)C2C(=O)O)sc1C(=O)Nc1ccccc1. The van der Waals surface area contributed by atoms with Gasteiger partial charge in [-0.3, -0.25) is 14.4 Å². The van der Waals surface area contributed by atoms with Crippen LogP contribution in [0.25, 0.3) is 0 Å². The minimum absolute atomic E-state index is 0.0620. The summed E-state index contributed by atoms with van der Waals surface area (Å²) in [4.78, 5) is 41.5. The second-order valence-electron chi connectivity index (χ2n) is 7.08. The number of nitrogens with zero attached hydrogens (tertiary/aromatic N) is 1. The van der Waals surface area contributed by atoms with E-state index in [2.05, 4.69) is 15.6 Å². The van der Waals surface area contributed by atoms with Crippen molar-refractivity contribution in [2.24, 2.45) is 23.7 Å². The molecule has 0 saturated heterocycles. The van der Waals surface area contributed by atoms with E-state index < -0.39 is 17.8 Å². The van der Waals surface area contributed by atoms with Gasteiger partial charge in [0.25, 0.3) is 5.91 Å². The van der Waals surface area contributed by atoms with Crippen LogP contribution in [-0.2, 0) is 9.59 Å². The molecule has 1 aromatic heterocycles. The lowest BCUT2D eigenvalue weighted by Crippen LogP contribution is -2.36. The molecule has 7 nitrogen and oxygen atoms in total. The molecule has 2 aliphatic carbocycles. The fourth-order valence-electron chi connectivity index (χ4n) is 4.07. The molecule has 8 heteroatoms. The Bertz CT molecular complexity index is 969. The maximum atomic E-state index is 12.8. The molecule has 4 unspecified atom stereocenters. The molecule has 2 aromatic rings. The van der Waals surface area contributed by atoms with Crippen LogP contribution in [0, 0.1) is 30.6 Å². The van der Waals surface area contributed by atoms with Crippen molar-refractivity contribution in [3.05, 3.63) is 53.1 Å². The van der Waals surface area contributed by atoms with Gasteiger partial charge in [0.05, 0.1) is 17.5 Å². The molecule has 144 valence electrons. The predicted octanol–water partition coefficient (Wildman–Crippen LogP) is 3.17. The number of aryl methyl sites for hydroxylation is 1. The molecule has 2 amide bonds. The number of hydrogen-bond donors (Lipinski definition) is 3. The Morgan fingerprint density at radius 2 is 1.75 bits per heavy atom. The van der Waals surface area contributed by atoms with Crippen LogP contribution >= 0.6 is 11.3 Å². The van der Waals surface area contributed by atoms with Crippen LogP contribution in [0.15, 0.2) is 42.5 Å². The number of carboxylic acids is 1. The van der Waals surface area contributed by atoms with E-state index in [9.17, 15) is 19.5 Å². The van der Waals surface area contributed by atoms with Crippen molar-refractivity contribution in [3.8, 4) is 0 Å². The van der Waals surface area contributed by atoms with Gasteiger partial charge in [-0.05, 0) is 37.3 Å². The van der Waals surface area contributed by atoms with Gasteiger partial charge in [-0.1, -0.05) is 41.7 Å². The number of amides is 2. The molecule has 0 spiro atoms. The number of rotatable bonds is 5. The van der Waals surface area contributed by atoms with Crippen LogP contribution in [0.2, 0.25) is 0 Å². The fourth-order valence-corrected chi connectivity index (χ4v) is 4.94. The maximum absolute atomic E-state index is 12.8. The highest BCUT2D eigenvalue weighted by atomic mass is 32.1. The number of fused-ring (bicyclic) bond motifs is 2. The Morgan fingerprint density at radius 3 is 2.43 bits per heavy atom. The summed E-state index contributed by atoms with van der Waals surface area (Å²) >= 11 is 1.08. The monoisotopic (exact) mass is 397 g/mol. The summed E-state index contributed by atoms with van der Waals surface area (Å²) in [6.45, 7) is 1.70. The number of nitrogens with one attached hydrogen (secondary N) is 2. The Labute approximate surface area is 165 Å². The Kier molecular flexibility index (Phi) is 4.72. The van der Waals surface area contributed by atoms with Crippen molar-refractivity contribution in [2.75, 3.05) is 10.6 Å². The van der Waals surface area contributed by atoms with E-state index in [-0.39, 0.29) is 23.7 Å². The van der Waals surface area contributed by atoms with Gasteiger partial charge in [0.15, 0.2) is 5.13 Å². The van der Waals surface area contributed by atoms with Crippen molar-refractivity contribution in [2.45, 2.75) is 13.3 Å². The number of aromatic nitrogens is 1. The second-order valence-corrected chi connectivity index (χ2v) is 8.08. The summed E-state index contributed by atoms with van der Waals surface area (Å²) < 4.78 is 0. The van der Waals surface area contributed by atoms with Gasteiger partial charge in [-0.2, -0.15) is 0 Å². The van der Waals surface area contributed by atoms with Crippen molar-refractivity contribution in [3.63, 3.8) is 0 Å². The molecule has 2 bridgehead atoms. The normalized spacial score (nSPS) is 24.9. The summed E-state index contributed by atoms with van der Waals surface area (Å²) in [5.74, 6) is -3.08. The molecule has 4 atom stereocenters. The molecular formula is C20H19N3O4S. The molecule has 1 heterocycles. The van der Waals surface area contributed by atoms with E-state index in [0.29, 0.717) is 27.8 Å². The largest absolute Gasteiger partial charge is 0.481 e. The number of anilines is 2. The number of thiazole rings is 1. The van der Waals surface area contributed by atoms with Crippen LogP contribution in [0.4, 0.5) is 10.8 Å². The van der Waals surface area contributed by atoms with Crippen molar-refractivity contribution >= 4 is 39.9 Å². The molecule has 0 radical (unpaired) electrons. The molecule has 1 fully saturated rings. The van der Waals surface area contributed by atoms with E-state index in [4.69, 9.17) is 0 Å². The van der Waals surface area contributed by atoms with Gasteiger partial charge in [-0.15, -0.1) is 0 Å². The van der Waals surface area contributed by atoms with Crippen molar-refractivity contribution in [1.29, 1.82) is 0 Å². The number of para-hydroxylation sites is 1. The van der Waals surface area contributed by atoms with Crippen molar-refractivity contribution in [1.82, 2.24) is 4.98 Å². The number of hydrogen-bond acceptors (Lipinski definition) is 5. The zero-order valence-corrected chi connectivity index (χ0v) is 15.9. The molecule has 0 aliphatic heterocycles. The number of aliphatic carboxylic acids is 1. The summed E-state index contributed by atoms with van der Waals surface area (Å²) in [7, 11) is 0.